The van der Waals surface area contributed by atoms with Crippen molar-refractivity contribution in [3.8, 4) is 0 Å². The number of rotatable bonds is 3. The summed E-state index contributed by atoms with van der Waals surface area (Å²) in [6, 6.07) is 5.84. The lowest BCUT2D eigenvalue weighted by Crippen LogP contribution is -2.20. The third-order valence-corrected chi connectivity index (χ3v) is 3.40. The van der Waals surface area contributed by atoms with E-state index in [0.29, 0.717) is 11.4 Å². The molecule has 1 N–H and O–H groups in total. The van der Waals surface area contributed by atoms with Crippen LogP contribution in [0.2, 0.25) is 5.02 Å². The van der Waals surface area contributed by atoms with E-state index in [2.05, 4.69) is 18.8 Å². The molecular formula is C14H16ClNO. The lowest BCUT2D eigenvalue weighted by Gasteiger charge is -2.22. The van der Waals surface area contributed by atoms with Gasteiger partial charge in [0.15, 0.2) is 0 Å². The van der Waals surface area contributed by atoms with Crippen LogP contribution in [0.15, 0.2) is 24.4 Å². The first-order chi connectivity index (χ1) is 7.92. The Labute approximate surface area is 106 Å². The summed E-state index contributed by atoms with van der Waals surface area (Å²) in [7, 11) is 0. The van der Waals surface area contributed by atoms with Gasteiger partial charge in [0.2, 0.25) is 0 Å². The van der Waals surface area contributed by atoms with Crippen LogP contribution in [0.1, 0.15) is 32.8 Å². The zero-order valence-electron chi connectivity index (χ0n) is 10.3. The maximum Gasteiger partial charge on any atom is 0.130 e. The van der Waals surface area contributed by atoms with Gasteiger partial charge in [-0.3, -0.25) is 4.79 Å². The standard InChI is InChI=1S/C14H16ClNO/c1-9(17)7-14(2,3)11-8-16-13-10(11)5-4-6-12(13)15/h4-6,8,16H,7H2,1-3H3. The van der Waals surface area contributed by atoms with Crippen molar-refractivity contribution < 1.29 is 4.79 Å². The Morgan fingerprint density at radius 3 is 2.76 bits per heavy atom. The van der Waals surface area contributed by atoms with Gasteiger partial charge in [-0.05, 0) is 24.0 Å². The van der Waals surface area contributed by atoms with Gasteiger partial charge in [-0.1, -0.05) is 37.6 Å². The van der Waals surface area contributed by atoms with E-state index in [4.69, 9.17) is 11.6 Å². The van der Waals surface area contributed by atoms with Crippen molar-refractivity contribution in [1.82, 2.24) is 4.98 Å². The number of carbonyl (C=O) groups excluding carboxylic acids is 1. The molecule has 1 aromatic carbocycles. The number of hydrogen-bond acceptors (Lipinski definition) is 1. The third-order valence-electron chi connectivity index (χ3n) is 3.08. The molecule has 0 atom stereocenters. The van der Waals surface area contributed by atoms with E-state index >= 15 is 0 Å². The molecular weight excluding hydrogens is 234 g/mol. The Hall–Kier alpha value is -1.28. The third kappa shape index (κ3) is 2.22. The fraction of sp³-hybridized carbons (Fsp3) is 0.357. The summed E-state index contributed by atoms with van der Waals surface area (Å²) in [5.74, 6) is 0.200. The molecule has 0 spiro atoms. The lowest BCUT2D eigenvalue weighted by molar-refractivity contribution is -0.118. The van der Waals surface area contributed by atoms with E-state index < -0.39 is 0 Å². The highest BCUT2D eigenvalue weighted by Gasteiger charge is 2.25. The van der Waals surface area contributed by atoms with E-state index in [1.165, 1.54) is 0 Å². The largest absolute Gasteiger partial charge is 0.360 e. The quantitative estimate of drug-likeness (QED) is 0.874. The van der Waals surface area contributed by atoms with Gasteiger partial charge in [0.1, 0.15) is 5.78 Å². The smallest absolute Gasteiger partial charge is 0.130 e. The molecule has 0 aliphatic carbocycles. The Bertz CT molecular complexity index is 569. The summed E-state index contributed by atoms with van der Waals surface area (Å²) in [6.07, 6.45) is 2.49. The second-order valence-corrected chi connectivity index (χ2v) is 5.53. The first-order valence-electron chi connectivity index (χ1n) is 5.67. The summed E-state index contributed by atoms with van der Waals surface area (Å²) in [4.78, 5) is 14.5. The van der Waals surface area contributed by atoms with Crippen LogP contribution in [0.3, 0.4) is 0 Å². The molecule has 1 heterocycles. The maximum absolute atomic E-state index is 11.3. The molecule has 0 unspecified atom stereocenters. The average molecular weight is 250 g/mol. The van der Waals surface area contributed by atoms with Crippen LogP contribution in [-0.2, 0) is 10.2 Å². The molecule has 1 aromatic heterocycles. The molecule has 0 saturated carbocycles. The molecule has 0 fully saturated rings. The van der Waals surface area contributed by atoms with E-state index in [-0.39, 0.29) is 11.2 Å². The van der Waals surface area contributed by atoms with Crippen molar-refractivity contribution in [2.75, 3.05) is 0 Å². The Kier molecular flexibility index (Phi) is 3.00. The number of carbonyl (C=O) groups is 1. The number of Topliss-reactive ketones (excluding diaryl/α,β-unsaturated/α-hetero) is 1. The second kappa shape index (κ2) is 4.19. The molecule has 3 heteroatoms. The predicted molar refractivity (Wildman–Crippen MR) is 71.6 cm³/mol. The zero-order chi connectivity index (χ0) is 12.6. The number of aromatic amines is 1. The zero-order valence-corrected chi connectivity index (χ0v) is 11.1. The van der Waals surface area contributed by atoms with Crippen LogP contribution < -0.4 is 0 Å². The minimum atomic E-state index is -0.172. The topological polar surface area (TPSA) is 32.9 Å². The number of nitrogens with one attached hydrogen (secondary N) is 1. The number of hydrogen-bond donors (Lipinski definition) is 1. The first-order valence-corrected chi connectivity index (χ1v) is 6.05. The van der Waals surface area contributed by atoms with Crippen molar-refractivity contribution in [2.24, 2.45) is 0 Å². The van der Waals surface area contributed by atoms with Gasteiger partial charge in [-0.2, -0.15) is 0 Å². The van der Waals surface area contributed by atoms with Gasteiger partial charge in [0.05, 0.1) is 10.5 Å². The summed E-state index contributed by atoms with van der Waals surface area (Å²) in [6.45, 7) is 5.79. The minimum Gasteiger partial charge on any atom is -0.360 e. The van der Waals surface area contributed by atoms with E-state index in [1.807, 2.05) is 24.4 Å². The van der Waals surface area contributed by atoms with Crippen LogP contribution >= 0.6 is 11.6 Å². The normalized spacial score (nSPS) is 12.0. The SMILES string of the molecule is CC(=O)CC(C)(C)c1c[nH]c2c(Cl)cccc12. The molecule has 2 nitrogen and oxygen atoms in total. The van der Waals surface area contributed by atoms with Crippen LogP contribution in [0.4, 0.5) is 0 Å². The van der Waals surface area contributed by atoms with Gasteiger partial charge in [-0.15, -0.1) is 0 Å². The van der Waals surface area contributed by atoms with Crippen molar-refractivity contribution in [3.05, 3.63) is 35.0 Å². The number of para-hydroxylation sites is 1. The highest BCUT2D eigenvalue weighted by Crippen LogP contribution is 2.35. The maximum atomic E-state index is 11.3. The van der Waals surface area contributed by atoms with Crippen molar-refractivity contribution in [2.45, 2.75) is 32.6 Å². The van der Waals surface area contributed by atoms with E-state index in [0.717, 1.165) is 16.5 Å². The monoisotopic (exact) mass is 249 g/mol. The highest BCUT2D eigenvalue weighted by atomic mass is 35.5. The molecule has 0 radical (unpaired) electrons. The predicted octanol–water partition coefficient (Wildman–Crippen LogP) is 4.08. The number of benzene rings is 1. The molecule has 0 amide bonds. The number of halogens is 1. The first kappa shape index (κ1) is 12.2. The van der Waals surface area contributed by atoms with Crippen LogP contribution in [0.5, 0.6) is 0 Å². The fourth-order valence-corrected chi connectivity index (χ4v) is 2.62. The summed E-state index contributed by atoms with van der Waals surface area (Å²) in [5, 5.41) is 1.82. The fourth-order valence-electron chi connectivity index (χ4n) is 2.39. The number of ketones is 1. The molecule has 0 aliphatic heterocycles. The molecule has 2 aromatic rings. The average Bonchev–Trinajstić information content (AvgIpc) is 2.61. The van der Waals surface area contributed by atoms with Gasteiger partial charge in [0, 0.05) is 18.0 Å². The Morgan fingerprint density at radius 2 is 2.12 bits per heavy atom. The molecule has 0 aliphatic rings. The summed E-state index contributed by atoms with van der Waals surface area (Å²) >= 11 is 6.13. The molecule has 0 saturated heterocycles. The number of H-pyrrole nitrogens is 1. The molecule has 2 rings (SSSR count). The minimum absolute atomic E-state index is 0.172. The lowest BCUT2D eigenvalue weighted by atomic mass is 9.80. The van der Waals surface area contributed by atoms with E-state index in [9.17, 15) is 4.79 Å². The Morgan fingerprint density at radius 1 is 1.41 bits per heavy atom. The van der Waals surface area contributed by atoms with Gasteiger partial charge < -0.3 is 4.98 Å². The van der Waals surface area contributed by atoms with E-state index in [1.54, 1.807) is 6.92 Å². The van der Waals surface area contributed by atoms with Crippen molar-refractivity contribution in [3.63, 3.8) is 0 Å². The van der Waals surface area contributed by atoms with Gasteiger partial charge in [0.25, 0.3) is 0 Å². The van der Waals surface area contributed by atoms with Crippen molar-refractivity contribution >= 4 is 28.3 Å². The molecule has 0 bridgehead atoms. The Balaban J connectivity index is 2.56. The van der Waals surface area contributed by atoms with Crippen molar-refractivity contribution in [1.29, 1.82) is 0 Å². The van der Waals surface area contributed by atoms with Crippen LogP contribution in [0.25, 0.3) is 10.9 Å². The van der Waals surface area contributed by atoms with Gasteiger partial charge >= 0.3 is 0 Å². The van der Waals surface area contributed by atoms with Crippen LogP contribution in [-0.4, -0.2) is 10.8 Å². The highest BCUT2D eigenvalue weighted by molar-refractivity contribution is 6.35. The molecule has 90 valence electrons. The second-order valence-electron chi connectivity index (χ2n) is 5.13. The van der Waals surface area contributed by atoms with Crippen LogP contribution in [0, 0.1) is 0 Å². The number of fused-ring (bicyclic) bond motifs is 1. The number of aromatic nitrogens is 1. The summed E-state index contributed by atoms with van der Waals surface area (Å²) in [5.41, 5.74) is 1.92. The molecule has 17 heavy (non-hydrogen) atoms. The summed E-state index contributed by atoms with van der Waals surface area (Å²) < 4.78 is 0. The van der Waals surface area contributed by atoms with Gasteiger partial charge in [-0.25, -0.2) is 0 Å².